The molecule has 28 heavy (non-hydrogen) atoms. The standard InChI is InChI=1S/C21H22FN5O/c22-20-14(13-27-10-8-24-9-11-27)4-3-6-15(20)17-12-18(25-26-21(17)23)16-5-1-2-7-19(16)28/h1-7,12,24,28H,8-11,13H2,(H2,23,26). The molecule has 0 bridgehead atoms. The summed E-state index contributed by atoms with van der Waals surface area (Å²) in [5, 5.41) is 21.4. The molecule has 144 valence electrons. The van der Waals surface area contributed by atoms with Gasteiger partial charge in [-0.3, -0.25) is 4.90 Å². The lowest BCUT2D eigenvalue weighted by atomic mass is 10.0. The Morgan fingerprint density at radius 2 is 1.75 bits per heavy atom. The smallest absolute Gasteiger partial charge is 0.154 e. The topological polar surface area (TPSA) is 87.3 Å². The summed E-state index contributed by atoms with van der Waals surface area (Å²) in [5.41, 5.74) is 8.46. The number of rotatable bonds is 4. The van der Waals surface area contributed by atoms with Gasteiger partial charge in [0.15, 0.2) is 5.82 Å². The van der Waals surface area contributed by atoms with Crippen LogP contribution in [0.3, 0.4) is 0 Å². The van der Waals surface area contributed by atoms with Crippen molar-refractivity contribution < 1.29 is 9.50 Å². The number of piperazine rings is 1. The normalized spacial score (nSPS) is 14.9. The highest BCUT2D eigenvalue weighted by Gasteiger charge is 2.18. The third kappa shape index (κ3) is 3.67. The van der Waals surface area contributed by atoms with Gasteiger partial charge < -0.3 is 16.2 Å². The number of hydrogen-bond donors (Lipinski definition) is 3. The van der Waals surface area contributed by atoms with Crippen LogP contribution in [-0.4, -0.2) is 46.4 Å². The molecule has 6 nitrogen and oxygen atoms in total. The molecule has 1 saturated heterocycles. The molecule has 1 aliphatic heterocycles. The van der Waals surface area contributed by atoms with Gasteiger partial charge in [0, 0.05) is 55.0 Å². The van der Waals surface area contributed by atoms with Gasteiger partial charge in [0.25, 0.3) is 0 Å². The van der Waals surface area contributed by atoms with Gasteiger partial charge in [0.2, 0.25) is 0 Å². The maximum atomic E-state index is 15.3. The Kier molecular flexibility index (Phi) is 5.18. The maximum absolute atomic E-state index is 15.3. The molecule has 0 radical (unpaired) electrons. The first kappa shape index (κ1) is 18.3. The number of benzene rings is 2. The molecule has 0 aliphatic carbocycles. The molecular weight excluding hydrogens is 357 g/mol. The van der Waals surface area contributed by atoms with E-state index in [1.165, 1.54) is 0 Å². The Morgan fingerprint density at radius 1 is 1.00 bits per heavy atom. The highest BCUT2D eigenvalue weighted by molar-refractivity contribution is 5.79. The number of aromatic nitrogens is 2. The second kappa shape index (κ2) is 7.92. The van der Waals surface area contributed by atoms with Crippen molar-refractivity contribution in [2.24, 2.45) is 0 Å². The second-order valence-corrected chi connectivity index (χ2v) is 6.85. The van der Waals surface area contributed by atoms with E-state index in [1.54, 1.807) is 42.5 Å². The Bertz CT molecular complexity index is 988. The minimum Gasteiger partial charge on any atom is -0.507 e. The molecule has 3 aromatic rings. The molecule has 1 aromatic heterocycles. The van der Waals surface area contributed by atoms with Crippen molar-refractivity contribution in [3.63, 3.8) is 0 Å². The second-order valence-electron chi connectivity index (χ2n) is 6.85. The van der Waals surface area contributed by atoms with Crippen LogP contribution in [0.25, 0.3) is 22.4 Å². The highest BCUT2D eigenvalue weighted by atomic mass is 19.1. The van der Waals surface area contributed by atoms with Crippen LogP contribution in [0, 0.1) is 5.82 Å². The fourth-order valence-corrected chi connectivity index (χ4v) is 3.46. The van der Waals surface area contributed by atoms with Gasteiger partial charge in [-0.1, -0.05) is 30.3 Å². The molecule has 0 spiro atoms. The lowest BCUT2D eigenvalue weighted by molar-refractivity contribution is 0.230. The minimum absolute atomic E-state index is 0.0838. The first-order valence-corrected chi connectivity index (χ1v) is 9.26. The maximum Gasteiger partial charge on any atom is 0.154 e. The Balaban J connectivity index is 1.72. The Morgan fingerprint density at radius 3 is 2.54 bits per heavy atom. The lowest BCUT2D eigenvalue weighted by Gasteiger charge is -2.27. The molecule has 2 aromatic carbocycles. The van der Waals surface area contributed by atoms with E-state index < -0.39 is 0 Å². The SMILES string of the molecule is Nc1nnc(-c2ccccc2O)cc1-c1cccc(CN2CCNCC2)c1F. The first-order valence-electron chi connectivity index (χ1n) is 9.26. The van der Waals surface area contributed by atoms with E-state index >= 15 is 4.39 Å². The third-order valence-corrected chi connectivity index (χ3v) is 4.97. The number of nitrogens with one attached hydrogen (secondary N) is 1. The van der Waals surface area contributed by atoms with Gasteiger partial charge >= 0.3 is 0 Å². The van der Waals surface area contributed by atoms with Crippen molar-refractivity contribution in [3.05, 3.63) is 59.9 Å². The van der Waals surface area contributed by atoms with E-state index in [1.807, 2.05) is 6.07 Å². The van der Waals surface area contributed by atoms with Crippen molar-refractivity contribution in [2.45, 2.75) is 6.54 Å². The van der Waals surface area contributed by atoms with E-state index in [0.29, 0.717) is 34.5 Å². The molecule has 4 rings (SSSR count). The van der Waals surface area contributed by atoms with Crippen molar-refractivity contribution in [2.75, 3.05) is 31.9 Å². The van der Waals surface area contributed by atoms with Gasteiger partial charge in [-0.15, -0.1) is 10.2 Å². The molecule has 2 heterocycles. The summed E-state index contributed by atoms with van der Waals surface area (Å²) in [7, 11) is 0. The number of nitrogens with zero attached hydrogens (tertiary/aromatic N) is 3. The van der Waals surface area contributed by atoms with Crippen LogP contribution < -0.4 is 11.1 Å². The van der Waals surface area contributed by atoms with Crippen LogP contribution in [0.2, 0.25) is 0 Å². The predicted molar refractivity (Wildman–Crippen MR) is 107 cm³/mol. The molecule has 7 heteroatoms. The highest BCUT2D eigenvalue weighted by Crippen LogP contribution is 2.34. The van der Waals surface area contributed by atoms with E-state index in [9.17, 15) is 5.11 Å². The number of nitrogens with two attached hydrogens (primary N) is 1. The summed E-state index contributed by atoms with van der Waals surface area (Å²) in [6.45, 7) is 4.14. The molecule has 0 atom stereocenters. The number of anilines is 1. The number of nitrogen functional groups attached to an aromatic ring is 1. The number of phenolic OH excluding ortho intramolecular Hbond substituents is 1. The van der Waals surface area contributed by atoms with Crippen LogP contribution >= 0.6 is 0 Å². The van der Waals surface area contributed by atoms with E-state index in [-0.39, 0.29) is 17.4 Å². The summed E-state index contributed by atoms with van der Waals surface area (Å²) in [6.07, 6.45) is 0. The molecule has 1 aliphatic rings. The minimum atomic E-state index is -0.302. The lowest BCUT2D eigenvalue weighted by Crippen LogP contribution is -2.43. The molecule has 1 fully saturated rings. The number of hydrogen-bond acceptors (Lipinski definition) is 6. The number of para-hydroxylation sites is 1. The van der Waals surface area contributed by atoms with Crippen molar-refractivity contribution in [3.8, 4) is 28.1 Å². The van der Waals surface area contributed by atoms with Gasteiger partial charge in [-0.25, -0.2) is 4.39 Å². The molecular formula is C21H22FN5O. The zero-order valence-corrected chi connectivity index (χ0v) is 15.4. The zero-order chi connectivity index (χ0) is 19.5. The van der Waals surface area contributed by atoms with Crippen LogP contribution in [0.4, 0.5) is 10.2 Å². The third-order valence-electron chi connectivity index (χ3n) is 4.97. The van der Waals surface area contributed by atoms with E-state index in [0.717, 1.165) is 26.2 Å². The van der Waals surface area contributed by atoms with E-state index in [2.05, 4.69) is 20.4 Å². The van der Waals surface area contributed by atoms with Crippen LogP contribution in [-0.2, 0) is 6.54 Å². The molecule has 0 unspecified atom stereocenters. The fraction of sp³-hybridized carbons (Fsp3) is 0.238. The molecule has 0 amide bonds. The summed E-state index contributed by atoms with van der Waals surface area (Å²) in [6, 6.07) is 13.8. The van der Waals surface area contributed by atoms with Crippen molar-refractivity contribution >= 4 is 5.82 Å². The fourth-order valence-electron chi connectivity index (χ4n) is 3.46. The summed E-state index contributed by atoms with van der Waals surface area (Å²) in [4.78, 5) is 2.22. The van der Waals surface area contributed by atoms with Gasteiger partial charge in [-0.2, -0.15) is 0 Å². The average molecular weight is 379 g/mol. The molecule has 0 saturated carbocycles. The summed E-state index contributed by atoms with van der Waals surface area (Å²) >= 11 is 0. The quantitative estimate of drug-likeness (QED) is 0.646. The van der Waals surface area contributed by atoms with Crippen molar-refractivity contribution in [1.29, 1.82) is 0 Å². The van der Waals surface area contributed by atoms with Crippen molar-refractivity contribution in [1.82, 2.24) is 20.4 Å². The number of aromatic hydroxyl groups is 1. The summed E-state index contributed by atoms with van der Waals surface area (Å²) < 4.78 is 15.3. The van der Waals surface area contributed by atoms with Gasteiger partial charge in [-0.05, 0) is 18.2 Å². The molecule has 4 N–H and O–H groups in total. The number of phenols is 1. The zero-order valence-electron chi connectivity index (χ0n) is 15.4. The monoisotopic (exact) mass is 379 g/mol. The average Bonchev–Trinajstić information content (AvgIpc) is 2.72. The van der Waals surface area contributed by atoms with Gasteiger partial charge in [0.1, 0.15) is 11.6 Å². The Hall–Kier alpha value is -3.03. The first-order chi connectivity index (χ1) is 13.6. The van der Waals surface area contributed by atoms with Crippen LogP contribution in [0.1, 0.15) is 5.56 Å². The number of halogens is 1. The summed E-state index contributed by atoms with van der Waals surface area (Å²) in [5.74, 6) is -0.0678. The van der Waals surface area contributed by atoms with E-state index in [4.69, 9.17) is 5.73 Å². The largest absolute Gasteiger partial charge is 0.507 e. The predicted octanol–water partition coefficient (Wildman–Crippen LogP) is 2.64. The van der Waals surface area contributed by atoms with Crippen LogP contribution in [0.15, 0.2) is 48.5 Å². The van der Waals surface area contributed by atoms with Crippen LogP contribution in [0.5, 0.6) is 5.75 Å². The van der Waals surface area contributed by atoms with Gasteiger partial charge in [0.05, 0.1) is 5.69 Å². The Labute approximate surface area is 162 Å².